The lowest BCUT2D eigenvalue weighted by molar-refractivity contribution is 0.103. The fourth-order valence-electron chi connectivity index (χ4n) is 2.29. The molecule has 0 amide bonds. The SMILES string of the molecule is Cc1ccc(C(=O)c2ccc3c(c2)CCO3)c(Cl)c1. The van der Waals surface area contributed by atoms with Crippen molar-refractivity contribution in [2.45, 2.75) is 13.3 Å². The Labute approximate surface area is 117 Å². The van der Waals surface area contributed by atoms with Crippen LogP contribution in [-0.2, 0) is 6.42 Å². The van der Waals surface area contributed by atoms with E-state index in [9.17, 15) is 4.79 Å². The number of carbonyl (C=O) groups is 1. The highest BCUT2D eigenvalue weighted by Crippen LogP contribution is 2.28. The zero-order valence-corrected chi connectivity index (χ0v) is 11.3. The molecule has 0 radical (unpaired) electrons. The average molecular weight is 273 g/mol. The maximum Gasteiger partial charge on any atom is 0.194 e. The molecule has 0 unspecified atom stereocenters. The van der Waals surface area contributed by atoms with Gasteiger partial charge in [-0.15, -0.1) is 0 Å². The first-order valence-corrected chi connectivity index (χ1v) is 6.59. The molecule has 0 aromatic heterocycles. The molecule has 2 aromatic carbocycles. The third-order valence-electron chi connectivity index (χ3n) is 3.32. The second kappa shape index (κ2) is 4.71. The van der Waals surface area contributed by atoms with E-state index >= 15 is 0 Å². The minimum Gasteiger partial charge on any atom is -0.493 e. The van der Waals surface area contributed by atoms with Crippen molar-refractivity contribution in [2.75, 3.05) is 6.61 Å². The predicted molar refractivity (Wildman–Crippen MR) is 75.3 cm³/mol. The van der Waals surface area contributed by atoms with Gasteiger partial charge in [0.1, 0.15) is 5.75 Å². The van der Waals surface area contributed by atoms with Crippen LogP contribution in [0.25, 0.3) is 0 Å². The van der Waals surface area contributed by atoms with Gasteiger partial charge in [0.15, 0.2) is 5.78 Å². The number of halogens is 1. The van der Waals surface area contributed by atoms with Gasteiger partial charge in [-0.2, -0.15) is 0 Å². The average Bonchev–Trinajstić information content (AvgIpc) is 2.85. The Morgan fingerprint density at radius 1 is 1.21 bits per heavy atom. The Balaban J connectivity index is 2.00. The van der Waals surface area contributed by atoms with Crippen LogP contribution in [0.5, 0.6) is 5.75 Å². The third-order valence-corrected chi connectivity index (χ3v) is 3.63. The number of ether oxygens (including phenoxy) is 1. The summed E-state index contributed by atoms with van der Waals surface area (Å²) < 4.78 is 5.44. The van der Waals surface area contributed by atoms with Crippen LogP contribution >= 0.6 is 11.6 Å². The second-order valence-electron chi connectivity index (χ2n) is 4.73. The molecule has 96 valence electrons. The van der Waals surface area contributed by atoms with E-state index in [-0.39, 0.29) is 5.78 Å². The second-order valence-corrected chi connectivity index (χ2v) is 5.14. The number of fused-ring (bicyclic) bond motifs is 1. The van der Waals surface area contributed by atoms with E-state index in [0.29, 0.717) is 22.8 Å². The first-order valence-electron chi connectivity index (χ1n) is 6.22. The van der Waals surface area contributed by atoms with Gasteiger partial charge >= 0.3 is 0 Å². The number of ketones is 1. The number of rotatable bonds is 2. The molecular weight excluding hydrogens is 260 g/mol. The van der Waals surface area contributed by atoms with Gasteiger partial charge < -0.3 is 4.74 Å². The molecular formula is C16H13ClO2. The zero-order chi connectivity index (χ0) is 13.4. The van der Waals surface area contributed by atoms with E-state index in [1.165, 1.54) is 0 Å². The molecule has 0 atom stereocenters. The van der Waals surface area contributed by atoms with Gasteiger partial charge in [0.05, 0.1) is 11.6 Å². The van der Waals surface area contributed by atoms with E-state index in [1.807, 2.05) is 31.2 Å². The maximum atomic E-state index is 12.5. The van der Waals surface area contributed by atoms with Crippen LogP contribution in [0.4, 0.5) is 0 Å². The number of hydrogen-bond donors (Lipinski definition) is 0. The van der Waals surface area contributed by atoms with Gasteiger partial charge in [0.2, 0.25) is 0 Å². The molecule has 1 aliphatic rings. The van der Waals surface area contributed by atoms with Crippen molar-refractivity contribution >= 4 is 17.4 Å². The van der Waals surface area contributed by atoms with Crippen molar-refractivity contribution < 1.29 is 9.53 Å². The molecule has 0 saturated heterocycles. The quantitative estimate of drug-likeness (QED) is 0.777. The number of benzene rings is 2. The summed E-state index contributed by atoms with van der Waals surface area (Å²) in [6, 6.07) is 11.0. The van der Waals surface area contributed by atoms with Crippen LogP contribution in [-0.4, -0.2) is 12.4 Å². The Hall–Kier alpha value is -1.80. The number of hydrogen-bond acceptors (Lipinski definition) is 2. The Morgan fingerprint density at radius 2 is 2.05 bits per heavy atom. The van der Waals surface area contributed by atoms with Crippen LogP contribution in [0.2, 0.25) is 5.02 Å². The minimum absolute atomic E-state index is 0.0419. The summed E-state index contributed by atoms with van der Waals surface area (Å²) in [6.07, 6.45) is 0.859. The largest absolute Gasteiger partial charge is 0.493 e. The molecule has 0 N–H and O–H groups in total. The van der Waals surface area contributed by atoms with Crippen molar-refractivity contribution in [3.05, 3.63) is 63.7 Å². The van der Waals surface area contributed by atoms with Gasteiger partial charge in [0.25, 0.3) is 0 Å². The summed E-state index contributed by atoms with van der Waals surface area (Å²) in [4.78, 5) is 12.5. The summed E-state index contributed by atoms with van der Waals surface area (Å²) in [5.41, 5.74) is 3.35. The van der Waals surface area contributed by atoms with E-state index in [2.05, 4.69) is 0 Å². The molecule has 0 bridgehead atoms. The van der Waals surface area contributed by atoms with Gasteiger partial charge in [-0.05, 0) is 48.4 Å². The first kappa shape index (κ1) is 12.2. The summed E-state index contributed by atoms with van der Waals surface area (Å²) in [6.45, 7) is 2.64. The van der Waals surface area contributed by atoms with E-state index < -0.39 is 0 Å². The number of carbonyl (C=O) groups excluding carboxylic acids is 1. The summed E-state index contributed by atoms with van der Waals surface area (Å²) in [5, 5.41) is 0.502. The Bertz CT molecular complexity index is 662. The molecule has 3 rings (SSSR count). The summed E-state index contributed by atoms with van der Waals surface area (Å²) in [5.74, 6) is 0.839. The summed E-state index contributed by atoms with van der Waals surface area (Å²) >= 11 is 6.15. The standard InChI is InChI=1S/C16H13ClO2/c1-10-2-4-13(14(17)8-10)16(18)12-3-5-15-11(9-12)6-7-19-15/h2-5,8-9H,6-7H2,1H3. The normalized spacial score (nSPS) is 12.9. The lowest BCUT2D eigenvalue weighted by atomic mass is 9.99. The lowest BCUT2D eigenvalue weighted by Gasteiger charge is -2.06. The summed E-state index contributed by atoms with van der Waals surface area (Å²) in [7, 11) is 0. The number of aryl methyl sites for hydroxylation is 1. The molecule has 0 aliphatic carbocycles. The Kier molecular flexibility index (Phi) is 3.03. The van der Waals surface area contributed by atoms with E-state index in [4.69, 9.17) is 16.3 Å². The monoisotopic (exact) mass is 272 g/mol. The van der Waals surface area contributed by atoms with Crippen molar-refractivity contribution in [1.82, 2.24) is 0 Å². The molecule has 1 aliphatic heterocycles. The van der Waals surface area contributed by atoms with Crippen molar-refractivity contribution in [3.63, 3.8) is 0 Å². The highest BCUT2D eigenvalue weighted by atomic mass is 35.5. The van der Waals surface area contributed by atoms with Crippen molar-refractivity contribution in [1.29, 1.82) is 0 Å². The van der Waals surface area contributed by atoms with Gasteiger partial charge in [-0.25, -0.2) is 0 Å². The highest BCUT2D eigenvalue weighted by molar-refractivity contribution is 6.35. The van der Waals surface area contributed by atoms with Crippen LogP contribution < -0.4 is 4.74 Å². The minimum atomic E-state index is -0.0419. The van der Waals surface area contributed by atoms with E-state index in [0.717, 1.165) is 23.3 Å². The molecule has 2 nitrogen and oxygen atoms in total. The fourth-order valence-corrected chi connectivity index (χ4v) is 2.61. The molecule has 3 heteroatoms. The van der Waals surface area contributed by atoms with Gasteiger partial charge in [-0.1, -0.05) is 17.7 Å². The third kappa shape index (κ3) is 2.24. The van der Waals surface area contributed by atoms with Crippen LogP contribution in [0.15, 0.2) is 36.4 Å². The van der Waals surface area contributed by atoms with E-state index in [1.54, 1.807) is 12.1 Å². The van der Waals surface area contributed by atoms with Crippen LogP contribution in [0, 0.1) is 6.92 Å². The van der Waals surface area contributed by atoms with Crippen LogP contribution in [0.1, 0.15) is 27.0 Å². The molecule has 0 fully saturated rings. The molecule has 2 aromatic rings. The first-order chi connectivity index (χ1) is 9.15. The smallest absolute Gasteiger partial charge is 0.194 e. The van der Waals surface area contributed by atoms with Crippen LogP contribution in [0.3, 0.4) is 0 Å². The van der Waals surface area contributed by atoms with Crippen molar-refractivity contribution in [3.8, 4) is 5.75 Å². The molecule has 19 heavy (non-hydrogen) atoms. The molecule has 0 spiro atoms. The maximum absolute atomic E-state index is 12.5. The molecule has 0 saturated carbocycles. The fraction of sp³-hybridized carbons (Fsp3) is 0.188. The predicted octanol–water partition coefficient (Wildman–Crippen LogP) is 3.81. The lowest BCUT2D eigenvalue weighted by Crippen LogP contribution is -2.02. The van der Waals surface area contributed by atoms with Gasteiger partial charge in [-0.3, -0.25) is 4.79 Å². The van der Waals surface area contributed by atoms with Gasteiger partial charge in [0, 0.05) is 17.5 Å². The topological polar surface area (TPSA) is 26.3 Å². The molecule has 1 heterocycles. The Morgan fingerprint density at radius 3 is 2.84 bits per heavy atom. The zero-order valence-electron chi connectivity index (χ0n) is 10.6. The van der Waals surface area contributed by atoms with Crippen molar-refractivity contribution in [2.24, 2.45) is 0 Å². The highest BCUT2D eigenvalue weighted by Gasteiger charge is 2.17.